The first-order chi connectivity index (χ1) is 8.16. The molecule has 92 valence electrons. The molecule has 2 rings (SSSR count). The quantitative estimate of drug-likeness (QED) is 0.725. The Bertz CT molecular complexity index is 378. The molecule has 0 unspecified atom stereocenters. The minimum Gasteiger partial charge on any atom is -0.432 e. The van der Waals surface area contributed by atoms with Crippen LogP contribution in [0.3, 0.4) is 0 Å². The van der Waals surface area contributed by atoms with Gasteiger partial charge < -0.3 is 19.7 Å². The summed E-state index contributed by atoms with van der Waals surface area (Å²) in [5.74, 6) is -0.501. The third-order valence-electron chi connectivity index (χ3n) is 2.58. The van der Waals surface area contributed by atoms with Gasteiger partial charge in [0.05, 0.1) is 18.3 Å². The zero-order valence-electron chi connectivity index (χ0n) is 9.15. The van der Waals surface area contributed by atoms with E-state index in [1.165, 1.54) is 0 Å². The Morgan fingerprint density at radius 1 is 1.24 bits per heavy atom. The third kappa shape index (κ3) is 3.03. The average Bonchev–Trinajstić information content (AvgIpc) is 2.35. The first-order valence-electron chi connectivity index (χ1n) is 5.40. The van der Waals surface area contributed by atoms with Crippen molar-refractivity contribution in [2.75, 3.05) is 6.61 Å². The molecule has 0 amide bonds. The zero-order chi connectivity index (χ0) is 12.3. The maximum absolute atomic E-state index is 11.7. The maximum Gasteiger partial charge on any atom is 0.340 e. The molecule has 1 aliphatic rings. The van der Waals surface area contributed by atoms with Gasteiger partial charge in [-0.2, -0.15) is 0 Å². The van der Waals surface area contributed by atoms with Gasteiger partial charge in [0.1, 0.15) is 6.10 Å². The lowest BCUT2D eigenvalue weighted by molar-refractivity contribution is -0.194. The summed E-state index contributed by atoms with van der Waals surface area (Å²) in [5.41, 5.74) is 0.428. The number of esters is 1. The lowest BCUT2D eigenvalue weighted by Crippen LogP contribution is -2.42. The van der Waals surface area contributed by atoms with Gasteiger partial charge in [-0.15, -0.1) is 0 Å². The lowest BCUT2D eigenvalue weighted by atomic mass is 10.1. The van der Waals surface area contributed by atoms with E-state index in [-0.39, 0.29) is 13.0 Å². The Balaban J connectivity index is 1.92. The van der Waals surface area contributed by atoms with Crippen LogP contribution in [0, 0.1) is 0 Å². The van der Waals surface area contributed by atoms with E-state index in [1.54, 1.807) is 30.3 Å². The number of aliphatic hydroxyl groups excluding tert-OH is 2. The van der Waals surface area contributed by atoms with E-state index >= 15 is 0 Å². The van der Waals surface area contributed by atoms with Crippen molar-refractivity contribution >= 4 is 5.97 Å². The molecule has 5 heteroatoms. The predicted molar refractivity (Wildman–Crippen MR) is 58.2 cm³/mol. The summed E-state index contributed by atoms with van der Waals surface area (Å²) in [6.45, 7) is -0.0338. The molecule has 1 aromatic rings. The van der Waals surface area contributed by atoms with Gasteiger partial charge in [0.25, 0.3) is 0 Å². The number of hydrogen-bond acceptors (Lipinski definition) is 5. The van der Waals surface area contributed by atoms with Crippen molar-refractivity contribution in [2.45, 2.75) is 24.9 Å². The van der Waals surface area contributed by atoms with Crippen LogP contribution in [-0.4, -0.2) is 41.3 Å². The second kappa shape index (κ2) is 5.27. The fourth-order valence-corrected chi connectivity index (χ4v) is 1.58. The predicted octanol–water partition coefficient (Wildman–Crippen LogP) is 0.312. The highest BCUT2D eigenvalue weighted by Crippen LogP contribution is 2.16. The second-order valence-corrected chi connectivity index (χ2v) is 3.90. The van der Waals surface area contributed by atoms with Crippen LogP contribution < -0.4 is 0 Å². The minimum absolute atomic E-state index is 0.0338. The van der Waals surface area contributed by atoms with E-state index in [0.717, 1.165) is 0 Å². The van der Waals surface area contributed by atoms with E-state index in [1.807, 2.05) is 0 Å². The highest BCUT2D eigenvalue weighted by Gasteiger charge is 2.30. The molecule has 0 bridgehead atoms. The summed E-state index contributed by atoms with van der Waals surface area (Å²) in [6.07, 6.45) is -2.56. The Morgan fingerprint density at radius 2 is 1.94 bits per heavy atom. The fraction of sp³-hybridized carbons (Fsp3) is 0.417. The largest absolute Gasteiger partial charge is 0.432 e. The minimum atomic E-state index is -0.919. The normalized spacial score (nSPS) is 28.7. The Hall–Kier alpha value is -1.43. The molecular weight excluding hydrogens is 224 g/mol. The fourth-order valence-electron chi connectivity index (χ4n) is 1.58. The van der Waals surface area contributed by atoms with Crippen molar-refractivity contribution in [1.82, 2.24) is 0 Å². The summed E-state index contributed by atoms with van der Waals surface area (Å²) in [4.78, 5) is 11.7. The Labute approximate surface area is 98.6 Å². The smallest absolute Gasteiger partial charge is 0.340 e. The van der Waals surface area contributed by atoms with Crippen molar-refractivity contribution in [2.24, 2.45) is 0 Å². The Kier molecular flexibility index (Phi) is 3.73. The Morgan fingerprint density at radius 3 is 2.59 bits per heavy atom. The monoisotopic (exact) mass is 238 g/mol. The molecule has 5 nitrogen and oxygen atoms in total. The average molecular weight is 238 g/mol. The molecule has 0 saturated carbocycles. The number of rotatable bonds is 2. The van der Waals surface area contributed by atoms with E-state index in [4.69, 9.17) is 9.47 Å². The molecule has 3 atom stereocenters. The van der Waals surface area contributed by atoms with Crippen LogP contribution in [0.1, 0.15) is 16.8 Å². The van der Waals surface area contributed by atoms with Gasteiger partial charge in [-0.25, -0.2) is 4.79 Å². The van der Waals surface area contributed by atoms with Crippen LogP contribution in [0.25, 0.3) is 0 Å². The number of ether oxygens (including phenoxy) is 2. The second-order valence-electron chi connectivity index (χ2n) is 3.90. The number of aliphatic hydroxyl groups is 2. The molecule has 1 aliphatic heterocycles. The molecule has 1 saturated heterocycles. The molecular formula is C12H14O5. The van der Waals surface area contributed by atoms with E-state index in [0.29, 0.717) is 5.56 Å². The highest BCUT2D eigenvalue weighted by atomic mass is 16.7. The van der Waals surface area contributed by atoms with Gasteiger partial charge in [-0.3, -0.25) is 0 Å². The van der Waals surface area contributed by atoms with Crippen LogP contribution in [0.4, 0.5) is 0 Å². The summed E-state index contributed by atoms with van der Waals surface area (Å²) in [7, 11) is 0. The van der Waals surface area contributed by atoms with Crippen molar-refractivity contribution in [3.63, 3.8) is 0 Å². The molecule has 1 heterocycles. The highest BCUT2D eigenvalue weighted by molar-refractivity contribution is 5.89. The first-order valence-corrected chi connectivity index (χ1v) is 5.40. The van der Waals surface area contributed by atoms with Crippen LogP contribution in [0.2, 0.25) is 0 Å². The van der Waals surface area contributed by atoms with Gasteiger partial charge in [0, 0.05) is 6.42 Å². The molecule has 1 fully saturated rings. The first kappa shape index (κ1) is 12.0. The molecule has 0 aromatic heterocycles. The standard InChI is InChI=1S/C12H14O5/c13-9-6-11(16-7-10(9)14)17-12(15)8-4-2-1-3-5-8/h1-5,9-11,13-14H,6-7H2/t9-,10+,11-/m0/s1. The van der Waals surface area contributed by atoms with Crippen molar-refractivity contribution in [3.05, 3.63) is 35.9 Å². The third-order valence-corrected chi connectivity index (χ3v) is 2.58. The van der Waals surface area contributed by atoms with Gasteiger partial charge in [-0.1, -0.05) is 18.2 Å². The SMILES string of the molecule is O=C(O[C@H]1C[C@H](O)[C@H](O)CO1)c1ccccc1. The van der Waals surface area contributed by atoms with E-state index in [9.17, 15) is 15.0 Å². The van der Waals surface area contributed by atoms with Crippen molar-refractivity contribution in [3.8, 4) is 0 Å². The zero-order valence-corrected chi connectivity index (χ0v) is 9.15. The summed E-state index contributed by atoms with van der Waals surface area (Å²) >= 11 is 0. The topological polar surface area (TPSA) is 76.0 Å². The number of hydrogen-bond donors (Lipinski definition) is 2. The van der Waals surface area contributed by atoms with E-state index < -0.39 is 24.5 Å². The molecule has 1 aromatic carbocycles. The van der Waals surface area contributed by atoms with Gasteiger partial charge >= 0.3 is 5.97 Å². The summed E-state index contributed by atoms with van der Waals surface area (Å²) in [6, 6.07) is 8.54. The number of carbonyl (C=O) groups excluding carboxylic acids is 1. The lowest BCUT2D eigenvalue weighted by Gasteiger charge is -2.29. The van der Waals surface area contributed by atoms with Crippen molar-refractivity contribution < 1.29 is 24.5 Å². The molecule has 17 heavy (non-hydrogen) atoms. The summed E-state index contributed by atoms with van der Waals surface area (Å²) in [5, 5.41) is 18.6. The summed E-state index contributed by atoms with van der Waals surface area (Å²) < 4.78 is 10.2. The van der Waals surface area contributed by atoms with Crippen molar-refractivity contribution in [1.29, 1.82) is 0 Å². The van der Waals surface area contributed by atoms with Crippen LogP contribution in [0.5, 0.6) is 0 Å². The van der Waals surface area contributed by atoms with Crippen LogP contribution in [-0.2, 0) is 9.47 Å². The molecule has 0 radical (unpaired) electrons. The molecule has 0 spiro atoms. The molecule has 2 N–H and O–H groups in total. The maximum atomic E-state index is 11.7. The number of benzene rings is 1. The van der Waals surface area contributed by atoms with Crippen LogP contribution in [0.15, 0.2) is 30.3 Å². The van der Waals surface area contributed by atoms with Gasteiger partial charge in [0.15, 0.2) is 0 Å². The van der Waals surface area contributed by atoms with Gasteiger partial charge in [0.2, 0.25) is 6.29 Å². The molecule has 0 aliphatic carbocycles. The number of carbonyl (C=O) groups is 1. The van der Waals surface area contributed by atoms with Gasteiger partial charge in [-0.05, 0) is 12.1 Å². The van der Waals surface area contributed by atoms with E-state index in [2.05, 4.69) is 0 Å². The van der Waals surface area contributed by atoms with Crippen LogP contribution >= 0.6 is 0 Å².